The zero-order valence-corrected chi connectivity index (χ0v) is 12.9. The Morgan fingerprint density at radius 2 is 1.87 bits per heavy atom. The summed E-state index contributed by atoms with van der Waals surface area (Å²) in [6.45, 7) is 7.30. The van der Waals surface area contributed by atoms with Gasteiger partial charge in [-0.2, -0.15) is 13.2 Å². The molecule has 130 valence electrons. The van der Waals surface area contributed by atoms with Gasteiger partial charge < -0.3 is 14.3 Å². The van der Waals surface area contributed by atoms with Crippen molar-refractivity contribution in [3.63, 3.8) is 0 Å². The van der Waals surface area contributed by atoms with Gasteiger partial charge in [0.2, 0.25) is 0 Å². The van der Waals surface area contributed by atoms with E-state index in [0.29, 0.717) is 5.41 Å². The molecule has 23 heavy (non-hydrogen) atoms. The molecule has 0 aromatic carbocycles. The number of rotatable bonds is 2. The largest absolute Gasteiger partial charge is 0.490 e. The predicted octanol–water partition coefficient (Wildman–Crippen LogP) is 2.83. The summed E-state index contributed by atoms with van der Waals surface area (Å²) < 4.78 is 42.7. The number of carbonyl (C=O) groups is 1. The molecule has 0 unspecified atom stereocenters. The van der Waals surface area contributed by atoms with Crippen LogP contribution in [-0.2, 0) is 16.1 Å². The summed E-state index contributed by atoms with van der Waals surface area (Å²) in [5.74, 6) is -0.651. The van der Waals surface area contributed by atoms with Gasteiger partial charge in [0, 0.05) is 5.41 Å². The highest BCUT2D eigenvalue weighted by Crippen LogP contribution is 2.38. The molecule has 3 rings (SSSR count). The van der Waals surface area contributed by atoms with Gasteiger partial charge in [0.1, 0.15) is 11.5 Å². The first-order chi connectivity index (χ1) is 10.7. The Bertz CT molecular complexity index is 527. The smallest absolute Gasteiger partial charge is 0.475 e. The molecule has 3 heterocycles. The van der Waals surface area contributed by atoms with Gasteiger partial charge in [-0.05, 0) is 45.0 Å². The lowest BCUT2D eigenvalue weighted by Gasteiger charge is -2.47. The zero-order chi connectivity index (χ0) is 17.1. The van der Waals surface area contributed by atoms with Crippen LogP contribution in [0.2, 0.25) is 0 Å². The summed E-state index contributed by atoms with van der Waals surface area (Å²) >= 11 is 0. The number of hydrogen-bond acceptors (Lipinski definition) is 4. The second-order valence-electron chi connectivity index (χ2n) is 6.08. The summed E-state index contributed by atoms with van der Waals surface area (Å²) in [6, 6.07) is 4.13. The molecule has 0 amide bonds. The number of halogens is 3. The molecule has 1 aromatic rings. The molecule has 0 bridgehead atoms. The lowest BCUT2D eigenvalue weighted by atomic mass is 9.77. The van der Waals surface area contributed by atoms with Crippen molar-refractivity contribution < 1.29 is 32.2 Å². The maximum absolute atomic E-state index is 10.6. The fourth-order valence-corrected chi connectivity index (χ4v) is 2.66. The van der Waals surface area contributed by atoms with Crippen LogP contribution in [0, 0.1) is 12.3 Å². The first-order valence-corrected chi connectivity index (χ1v) is 7.36. The molecule has 2 fully saturated rings. The normalized spacial score (nSPS) is 20.5. The molecule has 1 aromatic heterocycles. The van der Waals surface area contributed by atoms with Gasteiger partial charge in [-0.1, -0.05) is 0 Å². The third-order valence-electron chi connectivity index (χ3n) is 4.15. The monoisotopic (exact) mass is 335 g/mol. The molecule has 0 atom stereocenters. The quantitative estimate of drug-likeness (QED) is 0.900. The molecule has 8 heteroatoms. The number of carboxylic acid groups (broad SMARTS) is 1. The van der Waals surface area contributed by atoms with E-state index in [1.54, 1.807) is 0 Å². The van der Waals surface area contributed by atoms with E-state index in [1.165, 1.54) is 25.9 Å². The van der Waals surface area contributed by atoms with Crippen LogP contribution in [0.3, 0.4) is 0 Å². The van der Waals surface area contributed by atoms with Crippen molar-refractivity contribution in [1.29, 1.82) is 0 Å². The summed E-state index contributed by atoms with van der Waals surface area (Å²) in [5, 5.41) is 7.12. The minimum atomic E-state index is -5.08. The highest BCUT2D eigenvalue weighted by atomic mass is 19.4. The molecular formula is C15H20F3NO4. The number of hydrogen-bond donors (Lipinski definition) is 1. The van der Waals surface area contributed by atoms with E-state index in [9.17, 15) is 13.2 Å². The highest BCUT2D eigenvalue weighted by Gasteiger charge is 2.41. The Morgan fingerprint density at radius 3 is 2.22 bits per heavy atom. The molecule has 5 nitrogen and oxygen atoms in total. The fourth-order valence-electron chi connectivity index (χ4n) is 2.66. The van der Waals surface area contributed by atoms with Crippen molar-refractivity contribution in [3.8, 4) is 0 Å². The van der Waals surface area contributed by atoms with Crippen LogP contribution in [0.4, 0.5) is 13.2 Å². The van der Waals surface area contributed by atoms with Crippen LogP contribution < -0.4 is 0 Å². The number of furan rings is 1. The number of carboxylic acids is 1. The van der Waals surface area contributed by atoms with Gasteiger partial charge in [-0.3, -0.25) is 4.90 Å². The van der Waals surface area contributed by atoms with E-state index >= 15 is 0 Å². The van der Waals surface area contributed by atoms with Crippen molar-refractivity contribution in [2.75, 3.05) is 26.3 Å². The molecule has 2 aliphatic heterocycles. The number of piperidine rings is 1. The van der Waals surface area contributed by atoms with Crippen molar-refractivity contribution in [3.05, 3.63) is 23.7 Å². The first kappa shape index (κ1) is 17.8. The van der Waals surface area contributed by atoms with Crippen molar-refractivity contribution in [2.45, 2.75) is 32.5 Å². The Morgan fingerprint density at radius 1 is 1.30 bits per heavy atom. The molecule has 0 saturated carbocycles. The number of aryl methyl sites for hydroxylation is 1. The topological polar surface area (TPSA) is 62.9 Å². The van der Waals surface area contributed by atoms with E-state index < -0.39 is 12.1 Å². The molecule has 2 aliphatic rings. The summed E-state index contributed by atoms with van der Waals surface area (Å²) in [6.07, 6.45) is -2.51. The maximum Gasteiger partial charge on any atom is 0.490 e. The van der Waals surface area contributed by atoms with E-state index in [4.69, 9.17) is 19.1 Å². The number of likely N-dealkylation sites (tertiary alicyclic amines) is 1. The number of alkyl halides is 3. The second-order valence-corrected chi connectivity index (χ2v) is 6.08. The predicted molar refractivity (Wildman–Crippen MR) is 74.9 cm³/mol. The van der Waals surface area contributed by atoms with Crippen LogP contribution in [-0.4, -0.2) is 48.5 Å². The highest BCUT2D eigenvalue weighted by molar-refractivity contribution is 5.73. The average molecular weight is 335 g/mol. The van der Waals surface area contributed by atoms with Crippen LogP contribution in [0.1, 0.15) is 24.4 Å². The number of nitrogens with zero attached hydrogens (tertiary/aromatic N) is 1. The second kappa shape index (κ2) is 6.92. The lowest BCUT2D eigenvalue weighted by molar-refractivity contribution is -0.192. The fraction of sp³-hybridized carbons (Fsp3) is 0.667. The van der Waals surface area contributed by atoms with Gasteiger partial charge in [0.15, 0.2) is 0 Å². The Kier molecular flexibility index (Phi) is 5.36. The van der Waals surface area contributed by atoms with E-state index in [1.807, 2.05) is 13.0 Å². The minimum Gasteiger partial charge on any atom is -0.475 e. The Labute approximate surface area is 132 Å². The minimum absolute atomic E-state index is 0.537. The van der Waals surface area contributed by atoms with Crippen molar-refractivity contribution in [2.24, 2.45) is 5.41 Å². The zero-order valence-electron chi connectivity index (χ0n) is 12.9. The van der Waals surface area contributed by atoms with Gasteiger partial charge in [0.25, 0.3) is 0 Å². The first-order valence-electron chi connectivity index (χ1n) is 7.36. The van der Waals surface area contributed by atoms with Crippen LogP contribution in [0.25, 0.3) is 0 Å². The van der Waals surface area contributed by atoms with Crippen molar-refractivity contribution in [1.82, 2.24) is 4.90 Å². The van der Waals surface area contributed by atoms with E-state index in [2.05, 4.69) is 11.0 Å². The molecular weight excluding hydrogens is 315 g/mol. The van der Waals surface area contributed by atoms with Gasteiger partial charge in [0.05, 0.1) is 19.8 Å². The molecule has 2 saturated heterocycles. The van der Waals surface area contributed by atoms with E-state index in [-0.39, 0.29) is 0 Å². The summed E-state index contributed by atoms with van der Waals surface area (Å²) in [7, 11) is 0. The van der Waals surface area contributed by atoms with Gasteiger partial charge in [-0.25, -0.2) is 4.79 Å². The third-order valence-corrected chi connectivity index (χ3v) is 4.15. The average Bonchev–Trinajstić information content (AvgIpc) is 2.83. The standard InChI is InChI=1S/C13H19NO2.C2HF3O2/c1-11-2-3-12(16-11)8-14-6-4-13(5-7-14)9-15-10-13;3-2(4,5)1(6)7/h2-3H,4-10H2,1H3;(H,6,7). The number of aliphatic carboxylic acids is 1. The molecule has 1 N–H and O–H groups in total. The number of ether oxygens (including phenoxy) is 1. The van der Waals surface area contributed by atoms with Crippen LogP contribution in [0.15, 0.2) is 16.5 Å². The lowest BCUT2D eigenvalue weighted by Crippen LogP contribution is -2.50. The Balaban J connectivity index is 0.000000236. The van der Waals surface area contributed by atoms with E-state index in [0.717, 1.165) is 31.3 Å². The molecule has 1 spiro atoms. The molecule has 0 radical (unpaired) electrons. The SMILES string of the molecule is Cc1ccc(CN2CCC3(CC2)COC3)o1.O=C(O)C(F)(F)F. The maximum atomic E-state index is 10.6. The van der Waals surface area contributed by atoms with Gasteiger partial charge in [-0.15, -0.1) is 0 Å². The van der Waals surface area contributed by atoms with Gasteiger partial charge >= 0.3 is 12.1 Å². The third kappa shape index (κ3) is 4.97. The summed E-state index contributed by atoms with van der Waals surface area (Å²) in [4.78, 5) is 11.4. The molecule has 0 aliphatic carbocycles. The Hall–Kier alpha value is -1.54. The van der Waals surface area contributed by atoms with Crippen LogP contribution >= 0.6 is 0 Å². The van der Waals surface area contributed by atoms with Crippen LogP contribution in [0.5, 0.6) is 0 Å². The summed E-state index contributed by atoms with van der Waals surface area (Å²) in [5.41, 5.74) is 0.537. The van der Waals surface area contributed by atoms with Crippen molar-refractivity contribution >= 4 is 5.97 Å².